The minimum Gasteiger partial charge on any atom is -0.496 e. The lowest BCUT2D eigenvalue weighted by Gasteiger charge is -2.15. The van der Waals surface area contributed by atoms with E-state index in [0.29, 0.717) is 0 Å². The summed E-state index contributed by atoms with van der Waals surface area (Å²) in [5.41, 5.74) is 3.70. The van der Waals surface area contributed by atoms with Gasteiger partial charge in [0.25, 0.3) is 0 Å². The van der Waals surface area contributed by atoms with Crippen LogP contribution in [0, 0.1) is 5.92 Å². The van der Waals surface area contributed by atoms with Gasteiger partial charge in [-0.25, -0.2) is 9.97 Å². The predicted octanol–water partition coefficient (Wildman–Crippen LogP) is 4.70. The molecule has 0 spiro atoms. The van der Waals surface area contributed by atoms with Crippen molar-refractivity contribution in [3.8, 4) is 5.75 Å². The molecule has 1 aliphatic rings. The van der Waals surface area contributed by atoms with E-state index in [1.165, 1.54) is 34.5 Å². The largest absolute Gasteiger partial charge is 0.496 e. The summed E-state index contributed by atoms with van der Waals surface area (Å²) >= 11 is 1.82. The first-order valence-corrected chi connectivity index (χ1v) is 10.9. The third-order valence-corrected chi connectivity index (χ3v) is 6.51. The lowest BCUT2D eigenvalue weighted by atomic mass is 9.93. The van der Waals surface area contributed by atoms with Crippen LogP contribution >= 0.6 is 11.3 Å². The number of hydrogen-bond acceptors (Lipinski definition) is 5. The van der Waals surface area contributed by atoms with E-state index in [1.807, 2.05) is 23.7 Å². The molecule has 0 saturated heterocycles. The molecule has 6 heteroatoms. The monoisotopic (exact) mass is 396 g/mol. The zero-order chi connectivity index (χ0) is 19.5. The molecule has 28 heavy (non-hydrogen) atoms. The van der Waals surface area contributed by atoms with Gasteiger partial charge in [0, 0.05) is 35.8 Å². The maximum Gasteiger partial charge on any atom is 0.183 e. The lowest BCUT2D eigenvalue weighted by molar-refractivity contribution is 0.408. The third kappa shape index (κ3) is 4.07. The van der Waals surface area contributed by atoms with E-state index in [1.54, 1.807) is 7.11 Å². The number of benzene rings is 1. The van der Waals surface area contributed by atoms with Gasteiger partial charge in [-0.1, -0.05) is 19.9 Å². The van der Waals surface area contributed by atoms with E-state index >= 15 is 0 Å². The van der Waals surface area contributed by atoms with Crippen LogP contribution in [0.1, 0.15) is 47.8 Å². The van der Waals surface area contributed by atoms with Crippen LogP contribution in [0.5, 0.6) is 5.75 Å². The van der Waals surface area contributed by atoms with Crippen molar-refractivity contribution in [3.63, 3.8) is 0 Å². The number of fused-ring (bicyclic) bond motifs is 1. The van der Waals surface area contributed by atoms with Gasteiger partial charge in [0.15, 0.2) is 5.13 Å². The molecule has 3 aromatic rings. The number of nitrogens with one attached hydrogen (secondary N) is 1. The van der Waals surface area contributed by atoms with Crippen molar-refractivity contribution in [2.24, 2.45) is 5.92 Å². The van der Waals surface area contributed by atoms with Crippen molar-refractivity contribution in [1.82, 2.24) is 14.5 Å². The number of rotatable bonds is 7. The summed E-state index contributed by atoms with van der Waals surface area (Å²) in [7, 11) is 1.73. The molecule has 0 radical (unpaired) electrons. The fourth-order valence-electron chi connectivity index (χ4n) is 3.84. The number of methoxy groups -OCH3 is 1. The van der Waals surface area contributed by atoms with E-state index in [2.05, 4.69) is 46.9 Å². The molecule has 1 N–H and O–H groups in total. The van der Waals surface area contributed by atoms with E-state index in [9.17, 15) is 0 Å². The van der Waals surface area contributed by atoms with Crippen molar-refractivity contribution in [1.29, 1.82) is 0 Å². The van der Waals surface area contributed by atoms with Crippen LogP contribution in [-0.4, -0.2) is 21.6 Å². The van der Waals surface area contributed by atoms with Gasteiger partial charge in [-0.15, -0.1) is 11.3 Å². The smallest absolute Gasteiger partial charge is 0.183 e. The number of thiazole rings is 1. The summed E-state index contributed by atoms with van der Waals surface area (Å²) in [5.74, 6) is 2.78. The minimum atomic E-state index is 0.767. The number of aryl methyl sites for hydroxylation is 2. The molecule has 148 valence electrons. The Labute approximate surface area is 170 Å². The second-order valence-electron chi connectivity index (χ2n) is 7.56. The van der Waals surface area contributed by atoms with Crippen molar-refractivity contribution >= 4 is 16.5 Å². The topological polar surface area (TPSA) is 52.0 Å². The molecule has 0 bridgehead atoms. The SMILES string of the molecule is CCc1nccn1Cc1cc(CNc2nc3c(s2)CC(C)CC3)ccc1OC. The average Bonchev–Trinajstić information content (AvgIpc) is 3.32. The summed E-state index contributed by atoms with van der Waals surface area (Å²) in [5, 5.41) is 4.57. The van der Waals surface area contributed by atoms with Crippen LogP contribution in [-0.2, 0) is 32.4 Å². The molecular weight excluding hydrogens is 368 g/mol. The summed E-state index contributed by atoms with van der Waals surface area (Å²) in [6.07, 6.45) is 8.36. The summed E-state index contributed by atoms with van der Waals surface area (Å²) in [6, 6.07) is 6.41. The minimum absolute atomic E-state index is 0.767. The molecular formula is C22H28N4OS. The standard InChI is InChI=1S/C22H28N4OS/c1-4-21-23-9-10-26(21)14-17-12-16(6-8-19(17)27-3)13-24-22-25-18-7-5-15(2)11-20(18)28-22/h6,8-10,12,15H,4-5,7,11,13-14H2,1-3H3,(H,24,25). The Hall–Kier alpha value is -2.34. The summed E-state index contributed by atoms with van der Waals surface area (Å²) in [4.78, 5) is 10.7. The maximum absolute atomic E-state index is 5.59. The van der Waals surface area contributed by atoms with E-state index in [0.717, 1.165) is 48.6 Å². The normalized spacial score (nSPS) is 16.0. The van der Waals surface area contributed by atoms with E-state index < -0.39 is 0 Å². The van der Waals surface area contributed by atoms with Gasteiger partial charge in [0.05, 0.1) is 19.3 Å². The molecule has 0 fully saturated rings. The Balaban J connectivity index is 1.48. The Morgan fingerprint density at radius 3 is 3.07 bits per heavy atom. The molecule has 1 unspecified atom stereocenters. The number of nitrogens with zero attached hydrogens (tertiary/aromatic N) is 3. The van der Waals surface area contributed by atoms with Crippen LogP contribution < -0.4 is 10.1 Å². The molecule has 2 heterocycles. The van der Waals surface area contributed by atoms with Gasteiger partial charge in [0.1, 0.15) is 11.6 Å². The molecule has 0 aliphatic heterocycles. The fourth-order valence-corrected chi connectivity index (χ4v) is 5.01. The Morgan fingerprint density at radius 2 is 2.25 bits per heavy atom. The van der Waals surface area contributed by atoms with Crippen molar-refractivity contribution in [3.05, 3.63) is 58.1 Å². The highest BCUT2D eigenvalue weighted by Crippen LogP contribution is 2.32. The molecule has 1 aromatic carbocycles. The number of ether oxygens (including phenoxy) is 1. The van der Waals surface area contributed by atoms with Crippen molar-refractivity contribution in [2.45, 2.75) is 52.6 Å². The Kier molecular flexibility index (Phi) is 5.67. The molecule has 1 atom stereocenters. The Bertz CT molecular complexity index is 946. The van der Waals surface area contributed by atoms with Gasteiger partial charge in [-0.3, -0.25) is 0 Å². The summed E-state index contributed by atoms with van der Waals surface area (Å²) in [6.45, 7) is 6.00. The van der Waals surface area contributed by atoms with Crippen LogP contribution in [0.15, 0.2) is 30.6 Å². The van der Waals surface area contributed by atoms with E-state index in [-0.39, 0.29) is 0 Å². The van der Waals surface area contributed by atoms with Crippen molar-refractivity contribution < 1.29 is 4.74 Å². The first-order valence-electron chi connectivity index (χ1n) is 10.0. The van der Waals surface area contributed by atoms with Gasteiger partial charge >= 0.3 is 0 Å². The Morgan fingerprint density at radius 1 is 1.36 bits per heavy atom. The highest BCUT2D eigenvalue weighted by atomic mass is 32.1. The van der Waals surface area contributed by atoms with Crippen LogP contribution in [0.2, 0.25) is 0 Å². The van der Waals surface area contributed by atoms with E-state index in [4.69, 9.17) is 9.72 Å². The predicted molar refractivity (Wildman–Crippen MR) is 114 cm³/mol. The molecule has 2 aromatic heterocycles. The quantitative estimate of drug-likeness (QED) is 0.629. The molecule has 0 amide bonds. The van der Waals surface area contributed by atoms with Gasteiger partial charge in [0.2, 0.25) is 0 Å². The van der Waals surface area contributed by atoms with Gasteiger partial charge in [-0.2, -0.15) is 0 Å². The molecule has 0 saturated carbocycles. The maximum atomic E-state index is 5.59. The lowest BCUT2D eigenvalue weighted by Crippen LogP contribution is -2.09. The second kappa shape index (κ2) is 8.35. The number of imidazole rings is 1. The zero-order valence-corrected chi connectivity index (χ0v) is 17.7. The zero-order valence-electron chi connectivity index (χ0n) is 16.9. The average molecular weight is 397 g/mol. The number of hydrogen-bond donors (Lipinski definition) is 1. The summed E-state index contributed by atoms with van der Waals surface area (Å²) < 4.78 is 7.77. The second-order valence-corrected chi connectivity index (χ2v) is 8.65. The molecule has 5 nitrogen and oxygen atoms in total. The van der Waals surface area contributed by atoms with Crippen LogP contribution in [0.3, 0.4) is 0 Å². The van der Waals surface area contributed by atoms with Crippen LogP contribution in [0.4, 0.5) is 5.13 Å². The third-order valence-electron chi connectivity index (χ3n) is 5.43. The highest BCUT2D eigenvalue weighted by molar-refractivity contribution is 7.15. The van der Waals surface area contributed by atoms with Gasteiger partial charge in [-0.05, 0) is 42.9 Å². The number of aromatic nitrogens is 3. The fraction of sp³-hybridized carbons (Fsp3) is 0.455. The van der Waals surface area contributed by atoms with Crippen LogP contribution in [0.25, 0.3) is 0 Å². The van der Waals surface area contributed by atoms with Crippen molar-refractivity contribution in [2.75, 3.05) is 12.4 Å². The number of anilines is 1. The molecule has 4 rings (SSSR count). The first-order chi connectivity index (χ1) is 13.7. The van der Waals surface area contributed by atoms with Gasteiger partial charge < -0.3 is 14.6 Å². The highest BCUT2D eigenvalue weighted by Gasteiger charge is 2.19. The first kappa shape index (κ1) is 19.0. The molecule has 1 aliphatic carbocycles.